The topological polar surface area (TPSA) is 46.2 Å². The second-order valence-electron chi connectivity index (χ2n) is 5.90. The van der Waals surface area contributed by atoms with E-state index in [0.29, 0.717) is 17.2 Å². The SMILES string of the molecule is O=S(=O)(NC(c1ccccc1)c1ccccc1)c1cccc(C(F)(F)F)c1. The molecule has 0 heterocycles. The Kier molecular flexibility index (Phi) is 5.34. The molecule has 0 fully saturated rings. The van der Waals surface area contributed by atoms with Crippen LogP contribution in [0.3, 0.4) is 0 Å². The van der Waals surface area contributed by atoms with Gasteiger partial charge in [0.2, 0.25) is 10.0 Å². The van der Waals surface area contributed by atoms with E-state index in [1.54, 1.807) is 60.7 Å². The molecule has 3 aromatic rings. The van der Waals surface area contributed by atoms with E-state index in [0.717, 1.165) is 18.2 Å². The zero-order valence-corrected chi connectivity index (χ0v) is 14.8. The van der Waals surface area contributed by atoms with Crippen LogP contribution >= 0.6 is 0 Å². The molecule has 0 radical (unpaired) electrons. The van der Waals surface area contributed by atoms with Crippen LogP contribution in [-0.2, 0) is 16.2 Å². The first kappa shape index (κ1) is 19.1. The van der Waals surface area contributed by atoms with Crippen LogP contribution in [0, 0.1) is 0 Å². The van der Waals surface area contributed by atoms with E-state index in [1.807, 2.05) is 0 Å². The van der Waals surface area contributed by atoms with Crippen molar-refractivity contribution in [2.75, 3.05) is 0 Å². The van der Waals surface area contributed by atoms with Crippen molar-refractivity contribution in [1.82, 2.24) is 4.72 Å². The summed E-state index contributed by atoms with van der Waals surface area (Å²) in [4.78, 5) is -0.436. The number of hydrogen-bond acceptors (Lipinski definition) is 2. The number of nitrogens with one attached hydrogen (secondary N) is 1. The third kappa shape index (κ3) is 4.56. The van der Waals surface area contributed by atoms with Gasteiger partial charge in [-0.25, -0.2) is 8.42 Å². The quantitative estimate of drug-likeness (QED) is 0.681. The van der Waals surface area contributed by atoms with Crippen LogP contribution in [-0.4, -0.2) is 8.42 Å². The van der Waals surface area contributed by atoms with Crippen molar-refractivity contribution >= 4 is 10.0 Å². The van der Waals surface area contributed by atoms with Crippen LogP contribution < -0.4 is 4.72 Å². The van der Waals surface area contributed by atoms with Gasteiger partial charge in [-0.05, 0) is 29.3 Å². The van der Waals surface area contributed by atoms with E-state index in [2.05, 4.69) is 4.72 Å². The van der Waals surface area contributed by atoms with Crippen LogP contribution in [0.4, 0.5) is 13.2 Å². The van der Waals surface area contributed by atoms with Gasteiger partial charge in [-0.1, -0.05) is 66.7 Å². The molecule has 3 rings (SSSR count). The Morgan fingerprint density at radius 1 is 0.741 bits per heavy atom. The van der Waals surface area contributed by atoms with Gasteiger partial charge in [0.1, 0.15) is 0 Å². The van der Waals surface area contributed by atoms with Crippen molar-refractivity contribution in [3.63, 3.8) is 0 Å². The van der Waals surface area contributed by atoms with Gasteiger partial charge in [0.25, 0.3) is 0 Å². The maximum atomic E-state index is 12.9. The molecule has 0 unspecified atom stereocenters. The van der Waals surface area contributed by atoms with Crippen molar-refractivity contribution < 1.29 is 21.6 Å². The monoisotopic (exact) mass is 391 g/mol. The third-order valence-corrected chi connectivity index (χ3v) is 5.43. The second-order valence-corrected chi connectivity index (χ2v) is 7.62. The summed E-state index contributed by atoms with van der Waals surface area (Å²) in [7, 11) is -4.19. The van der Waals surface area contributed by atoms with Crippen LogP contribution in [0.2, 0.25) is 0 Å². The number of alkyl halides is 3. The first-order valence-electron chi connectivity index (χ1n) is 8.07. The highest BCUT2D eigenvalue weighted by atomic mass is 32.2. The lowest BCUT2D eigenvalue weighted by molar-refractivity contribution is -0.137. The van der Waals surface area contributed by atoms with Gasteiger partial charge < -0.3 is 0 Å². The molecule has 1 N–H and O–H groups in total. The Balaban J connectivity index is 2.01. The molecule has 0 saturated heterocycles. The molecule has 27 heavy (non-hydrogen) atoms. The first-order chi connectivity index (χ1) is 12.8. The molecular weight excluding hydrogens is 375 g/mol. The van der Waals surface area contributed by atoms with Crippen LogP contribution in [0.25, 0.3) is 0 Å². The lowest BCUT2D eigenvalue weighted by Crippen LogP contribution is -2.29. The average molecular weight is 391 g/mol. The van der Waals surface area contributed by atoms with Crippen LogP contribution in [0.1, 0.15) is 22.7 Å². The highest BCUT2D eigenvalue weighted by Crippen LogP contribution is 2.31. The number of sulfonamides is 1. The maximum absolute atomic E-state index is 12.9. The molecule has 0 spiro atoms. The first-order valence-corrected chi connectivity index (χ1v) is 9.55. The van der Waals surface area contributed by atoms with Gasteiger partial charge in [0.05, 0.1) is 16.5 Å². The molecule has 0 aromatic heterocycles. The number of halogens is 3. The predicted molar refractivity (Wildman–Crippen MR) is 96.5 cm³/mol. The highest BCUT2D eigenvalue weighted by Gasteiger charge is 2.32. The summed E-state index contributed by atoms with van der Waals surface area (Å²) < 4.78 is 66.9. The predicted octanol–water partition coefficient (Wildman–Crippen LogP) is 4.77. The van der Waals surface area contributed by atoms with Gasteiger partial charge >= 0.3 is 6.18 Å². The lowest BCUT2D eigenvalue weighted by atomic mass is 10.00. The lowest BCUT2D eigenvalue weighted by Gasteiger charge is -2.20. The van der Waals surface area contributed by atoms with E-state index in [9.17, 15) is 21.6 Å². The van der Waals surface area contributed by atoms with E-state index < -0.39 is 32.7 Å². The standard InChI is InChI=1S/C20H16F3NO2S/c21-20(22,23)17-12-7-13-18(14-17)27(25,26)24-19(15-8-3-1-4-9-15)16-10-5-2-6-11-16/h1-14,19,24H. The van der Waals surface area contributed by atoms with Crippen molar-refractivity contribution in [2.24, 2.45) is 0 Å². The van der Waals surface area contributed by atoms with Gasteiger partial charge in [-0.2, -0.15) is 17.9 Å². The normalized spacial score (nSPS) is 12.3. The van der Waals surface area contributed by atoms with Crippen LogP contribution in [0.5, 0.6) is 0 Å². The summed E-state index contributed by atoms with van der Waals surface area (Å²) in [5.74, 6) is 0. The van der Waals surface area contributed by atoms with Crippen molar-refractivity contribution in [1.29, 1.82) is 0 Å². The Morgan fingerprint density at radius 2 is 1.26 bits per heavy atom. The van der Waals surface area contributed by atoms with Crippen molar-refractivity contribution in [3.8, 4) is 0 Å². The fraction of sp³-hybridized carbons (Fsp3) is 0.100. The minimum Gasteiger partial charge on any atom is -0.207 e. The Morgan fingerprint density at radius 3 is 1.74 bits per heavy atom. The Hall–Kier alpha value is -2.64. The molecular formula is C20H16F3NO2S. The zero-order valence-electron chi connectivity index (χ0n) is 14.0. The minimum atomic E-state index is -4.62. The number of benzene rings is 3. The largest absolute Gasteiger partial charge is 0.416 e. The molecule has 0 aliphatic rings. The van der Waals surface area contributed by atoms with Crippen molar-refractivity contribution in [3.05, 3.63) is 102 Å². The molecule has 0 bridgehead atoms. The van der Waals surface area contributed by atoms with Crippen molar-refractivity contribution in [2.45, 2.75) is 17.1 Å². The fourth-order valence-electron chi connectivity index (χ4n) is 2.68. The second kappa shape index (κ2) is 7.54. The Bertz CT molecular complexity index is 965. The molecule has 0 amide bonds. The molecule has 7 heteroatoms. The number of hydrogen-bond donors (Lipinski definition) is 1. The molecule has 0 aliphatic carbocycles. The maximum Gasteiger partial charge on any atom is 0.416 e. The fourth-order valence-corrected chi connectivity index (χ4v) is 3.94. The Labute approximate surface area is 155 Å². The van der Waals surface area contributed by atoms with E-state index >= 15 is 0 Å². The average Bonchev–Trinajstić information content (AvgIpc) is 2.67. The minimum absolute atomic E-state index is 0.436. The molecule has 3 nitrogen and oxygen atoms in total. The van der Waals surface area contributed by atoms with E-state index in [-0.39, 0.29) is 0 Å². The zero-order chi connectivity index (χ0) is 19.5. The third-order valence-electron chi connectivity index (χ3n) is 4.01. The highest BCUT2D eigenvalue weighted by molar-refractivity contribution is 7.89. The van der Waals surface area contributed by atoms with Gasteiger partial charge in [-0.15, -0.1) is 0 Å². The van der Waals surface area contributed by atoms with Gasteiger partial charge in [0, 0.05) is 0 Å². The molecule has 3 aromatic carbocycles. The van der Waals surface area contributed by atoms with E-state index in [1.165, 1.54) is 0 Å². The summed E-state index contributed by atoms with van der Waals surface area (Å²) in [6.07, 6.45) is -4.62. The summed E-state index contributed by atoms with van der Waals surface area (Å²) in [6, 6.07) is 20.7. The summed E-state index contributed by atoms with van der Waals surface area (Å²) >= 11 is 0. The smallest absolute Gasteiger partial charge is 0.207 e. The number of rotatable bonds is 5. The summed E-state index contributed by atoms with van der Waals surface area (Å²) in [6.45, 7) is 0. The summed E-state index contributed by atoms with van der Waals surface area (Å²) in [5, 5.41) is 0. The van der Waals surface area contributed by atoms with Gasteiger partial charge in [-0.3, -0.25) is 0 Å². The van der Waals surface area contributed by atoms with E-state index in [4.69, 9.17) is 0 Å². The molecule has 140 valence electrons. The van der Waals surface area contributed by atoms with Crippen LogP contribution in [0.15, 0.2) is 89.8 Å². The molecule has 0 aliphatic heterocycles. The molecule has 0 saturated carbocycles. The van der Waals surface area contributed by atoms with Gasteiger partial charge in [0.15, 0.2) is 0 Å². The molecule has 0 atom stereocenters. The summed E-state index contributed by atoms with van der Waals surface area (Å²) in [5.41, 5.74) is 0.347.